The van der Waals surface area contributed by atoms with Crippen LogP contribution in [0.2, 0.25) is 0 Å². The maximum absolute atomic E-state index is 5.67. The quantitative estimate of drug-likeness (QED) is 0.787. The van der Waals surface area contributed by atoms with E-state index < -0.39 is 0 Å². The van der Waals surface area contributed by atoms with Gasteiger partial charge in [0.2, 0.25) is 0 Å². The Bertz CT molecular complexity index is 327. The molecule has 15 heavy (non-hydrogen) atoms. The Balaban J connectivity index is 2.16. The van der Waals surface area contributed by atoms with E-state index in [1.165, 1.54) is 5.56 Å². The monoisotopic (exact) mass is 270 g/mol. The number of methoxy groups -OCH3 is 1. The largest absolute Gasteiger partial charge is 0.496 e. The Morgan fingerprint density at radius 2 is 2.27 bits per heavy atom. The van der Waals surface area contributed by atoms with Gasteiger partial charge in [0, 0.05) is 11.2 Å². The van der Waals surface area contributed by atoms with Crippen LogP contribution in [0.5, 0.6) is 5.75 Å². The maximum atomic E-state index is 5.67. The second-order valence-electron chi connectivity index (χ2n) is 3.78. The fourth-order valence-electron chi connectivity index (χ4n) is 2.03. The van der Waals surface area contributed by atoms with Gasteiger partial charge >= 0.3 is 0 Å². The zero-order chi connectivity index (χ0) is 10.7. The summed E-state index contributed by atoms with van der Waals surface area (Å²) in [6.45, 7) is 0.802. The topological polar surface area (TPSA) is 18.5 Å². The number of rotatable bonds is 3. The van der Waals surface area contributed by atoms with Gasteiger partial charge in [0.25, 0.3) is 0 Å². The van der Waals surface area contributed by atoms with E-state index in [1.54, 1.807) is 7.11 Å². The second-order valence-corrected chi connectivity index (χ2v) is 4.43. The Labute approximate surface area is 98.7 Å². The first-order valence-corrected chi connectivity index (χ1v) is 6.27. The van der Waals surface area contributed by atoms with Crippen LogP contribution in [0.15, 0.2) is 24.3 Å². The smallest absolute Gasteiger partial charge is 0.122 e. The van der Waals surface area contributed by atoms with Crippen LogP contribution >= 0.6 is 15.9 Å². The van der Waals surface area contributed by atoms with Gasteiger partial charge in [-0.3, -0.25) is 0 Å². The van der Waals surface area contributed by atoms with Crippen LogP contribution in [0.25, 0.3) is 0 Å². The number of hydrogen-bond donors (Lipinski definition) is 0. The highest BCUT2D eigenvalue weighted by molar-refractivity contribution is 9.09. The average molecular weight is 271 g/mol. The molecule has 1 fully saturated rings. The number of ether oxygens (including phenoxy) is 2. The van der Waals surface area contributed by atoms with Crippen molar-refractivity contribution < 1.29 is 9.47 Å². The summed E-state index contributed by atoms with van der Waals surface area (Å²) in [6.07, 6.45) is 1.42. The molecule has 82 valence electrons. The molecule has 1 saturated heterocycles. The molecular formula is C12H15BrO2. The summed E-state index contributed by atoms with van der Waals surface area (Å²) < 4.78 is 11.0. The molecule has 0 radical (unpaired) electrons. The van der Waals surface area contributed by atoms with Gasteiger partial charge in [-0.2, -0.15) is 0 Å². The molecule has 1 aliphatic heterocycles. The highest BCUT2D eigenvalue weighted by atomic mass is 79.9. The lowest BCUT2D eigenvalue weighted by Gasteiger charge is -2.12. The first-order valence-electron chi connectivity index (χ1n) is 5.15. The maximum Gasteiger partial charge on any atom is 0.122 e. The summed E-state index contributed by atoms with van der Waals surface area (Å²) in [6, 6.07) is 8.19. The Hall–Kier alpha value is -0.540. The predicted octanol–water partition coefficient (Wildman–Crippen LogP) is 2.96. The molecule has 2 rings (SSSR count). The molecule has 2 atom stereocenters. The predicted molar refractivity (Wildman–Crippen MR) is 63.9 cm³/mol. The summed E-state index contributed by atoms with van der Waals surface area (Å²) in [5.41, 5.74) is 1.27. The molecule has 0 aromatic heterocycles. The fourth-order valence-corrected chi connectivity index (χ4v) is 2.48. The van der Waals surface area contributed by atoms with Crippen molar-refractivity contribution in [3.8, 4) is 5.75 Å². The molecule has 1 aromatic carbocycles. The molecule has 3 heteroatoms. The van der Waals surface area contributed by atoms with Gasteiger partial charge in [-0.05, 0) is 18.1 Å². The molecule has 2 nitrogen and oxygen atoms in total. The Morgan fingerprint density at radius 1 is 1.47 bits per heavy atom. The Kier molecular flexibility index (Phi) is 3.65. The molecule has 0 N–H and O–H groups in total. The van der Waals surface area contributed by atoms with Crippen LogP contribution in [0.1, 0.15) is 17.9 Å². The van der Waals surface area contributed by atoms with Crippen molar-refractivity contribution in [3.05, 3.63) is 29.8 Å². The zero-order valence-electron chi connectivity index (χ0n) is 8.78. The minimum Gasteiger partial charge on any atom is -0.496 e. The van der Waals surface area contributed by atoms with Crippen molar-refractivity contribution >= 4 is 15.9 Å². The standard InChI is InChI=1S/C12H15BrO2/c1-14-12-5-3-2-4-11(12)9-6-10(7-13)15-8-9/h2-5,9-10H,6-8H2,1H3/t9-,10+/m0/s1. The van der Waals surface area contributed by atoms with Crippen LogP contribution in [-0.4, -0.2) is 25.2 Å². The zero-order valence-corrected chi connectivity index (χ0v) is 10.4. The molecule has 0 spiro atoms. The normalized spacial score (nSPS) is 25.5. The van der Waals surface area contributed by atoms with Crippen LogP contribution in [-0.2, 0) is 4.74 Å². The van der Waals surface area contributed by atoms with Crippen LogP contribution < -0.4 is 4.74 Å². The highest BCUT2D eigenvalue weighted by Crippen LogP contribution is 2.35. The number of para-hydroxylation sites is 1. The number of benzene rings is 1. The van der Waals surface area contributed by atoms with Crippen LogP contribution in [0.4, 0.5) is 0 Å². The SMILES string of the molecule is COc1ccccc1[C@@H]1CO[C@@H](CBr)C1. The van der Waals surface area contributed by atoms with Crippen molar-refractivity contribution in [2.75, 3.05) is 19.0 Å². The molecule has 1 heterocycles. The van der Waals surface area contributed by atoms with E-state index in [9.17, 15) is 0 Å². The van der Waals surface area contributed by atoms with E-state index in [-0.39, 0.29) is 0 Å². The number of halogens is 1. The molecular weight excluding hydrogens is 256 g/mol. The van der Waals surface area contributed by atoms with E-state index in [4.69, 9.17) is 9.47 Å². The van der Waals surface area contributed by atoms with Crippen LogP contribution in [0, 0.1) is 0 Å². The van der Waals surface area contributed by atoms with Crippen LogP contribution in [0.3, 0.4) is 0 Å². The Morgan fingerprint density at radius 3 is 2.93 bits per heavy atom. The second kappa shape index (κ2) is 4.99. The van der Waals surface area contributed by atoms with Crippen molar-refractivity contribution in [1.82, 2.24) is 0 Å². The first-order chi connectivity index (χ1) is 7.35. The van der Waals surface area contributed by atoms with E-state index in [1.807, 2.05) is 12.1 Å². The third-order valence-corrected chi connectivity index (χ3v) is 3.55. The van der Waals surface area contributed by atoms with Gasteiger partial charge in [-0.1, -0.05) is 34.1 Å². The molecule has 0 bridgehead atoms. The summed E-state index contributed by atoms with van der Waals surface area (Å²) in [5.74, 6) is 1.45. The minimum absolute atomic E-state index is 0.347. The summed E-state index contributed by atoms with van der Waals surface area (Å²) >= 11 is 3.46. The lowest BCUT2D eigenvalue weighted by molar-refractivity contribution is 0.127. The fraction of sp³-hybridized carbons (Fsp3) is 0.500. The van der Waals surface area contributed by atoms with Gasteiger partial charge in [-0.25, -0.2) is 0 Å². The molecule has 0 aliphatic carbocycles. The molecule has 1 aliphatic rings. The average Bonchev–Trinajstić information content (AvgIpc) is 2.77. The van der Waals surface area contributed by atoms with E-state index in [2.05, 4.69) is 28.1 Å². The van der Waals surface area contributed by atoms with E-state index >= 15 is 0 Å². The third-order valence-electron chi connectivity index (χ3n) is 2.83. The van der Waals surface area contributed by atoms with Crippen molar-refractivity contribution in [3.63, 3.8) is 0 Å². The van der Waals surface area contributed by atoms with Gasteiger partial charge < -0.3 is 9.47 Å². The van der Waals surface area contributed by atoms with Gasteiger partial charge in [0.1, 0.15) is 5.75 Å². The van der Waals surface area contributed by atoms with Gasteiger partial charge in [-0.15, -0.1) is 0 Å². The molecule has 0 amide bonds. The van der Waals surface area contributed by atoms with E-state index in [0.29, 0.717) is 12.0 Å². The van der Waals surface area contributed by atoms with Crippen molar-refractivity contribution in [2.45, 2.75) is 18.4 Å². The third kappa shape index (κ3) is 2.34. The summed E-state index contributed by atoms with van der Waals surface area (Å²) in [7, 11) is 1.72. The number of alkyl halides is 1. The minimum atomic E-state index is 0.347. The summed E-state index contributed by atoms with van der Waals surface area (Å²) in [5, 5.41) is 0.915. The van der Waals surface area contributed by atoms with Gasteiger partial charge in [0.15, 0.2) is 0 Å². The lowest BCUT2D eigenvalue weighted by Crippen LogP contribution is -2.05. The van der Waals surface area contributed by atoms with Crippen molar-refractivity contribution in [1.29, 1.82) is 0 Å². The molecule has 0 saturated carbocycles. The number of hydrogen-bond acceptors (Lipinski definition) is 2. The van der Waals surface area contributed by atoms with Crippen molar-refractivity contribution in [2.24, 2.45) is 0 Å². The van der Waals surface area contributed by atoms with Gasteiger partial charge in [0.05, 0.1) is 19.8 Å². The van der Waals surface area contributed by atoms with E-state index in [0.717, 1.165) is 24.1 Å². The lowest BCUT2D eigenvalue weighted by atomic mass is 9.96. The highest BCUT2D eigenvalue weighted by Gasteiger charge is 2.27. The molecule has 0 unspecified atom stereocenters. The first kappa shape index (κ1) is 11.0. The summed E-state index contributed by atoms with van der Waals surface area (Å²) in [4.78, 5) is 0. The molecule has 1 aromatic rings.